The van der Waals surface area contributed by atoms with Crippen LogP contribution in [0.5, 0.6) is 0 Å². The molecule has 0 saturated carbocycles. The summed E-state index contributed by atoms with van der Waals surface area (Å²) in [5.41, 5.74) is 0.927. The van der Waals surface area contributed by atoms with Crippen LogP contribution >= 0.6 is 11.6 Å². The summed E-state index contributed by atoms with van der Waals surface area (Å²) < 4.78 is 0. The number of benzene rings is 1. The van der Waals surface area contributed by atoms with Gasteiger partial charge in [-0.2, -0.15) is 0 Å². The lowest BCUT2D eigenvalue weighted by Crippen LogP contribution is -2.12. The zero-order valence-corrected chi connectivity index (χ0v) is 16.3. The summed E-state index contributed by atoms with van der Waals surface area (Å²) in [5.74, 6) is 0. The number of unbranched alkanes of at least 4 members (excludes halogenated alkanes) is 11. The molecule has 0 saturated heterocycles. The molecule has 0 radical (unpaired) electrons. The van der Waals surface area contributed by atoms with Crippen molar-refractivity contribution >= 4 is 11.6 Å². The highest BCUT2D eigenvalue weighted by atomic mass is 35.5. The number of hydrogen-bond acceptors (Lipinski definition) is 1. The molecule has 138 valence electrons. The van der Waals surface area contributed by atoms with Crippen LogP contribution in [0.15, 0.2) is 30.3 Å². The van der Waals surface area contributed by atoms with Gasteiger partial charge in [0, 0.05) is 0 Å². The molecule has 2 heteroatoms. The Morgan fingerprint density at radius 3 is 1.71 bits per heavy atom. The third-order valence-corrected chi connectivity index (χ3v) is 5.27. The van der Waals surface area contributed by atoms with Crippen molar-refractivity contribution in [3.05, 3.63) is 35.9 Å². The zero-order valence-electron chi connectivity index (χ0n) is 15.6. The summed E-state index contributed by atoms with van der Waals surface area (Å²) in [6, 6.07) is 9.76. The normalized spacial score (nSPS) is 13.8. The van der Waals surface area contributed by atoms with Gasteiger partial charge in [0.15, 0.2) is 0 Å². The van der Waals surface area contributed by atoms with E-state index >= 15 is 0 Å². The third kappa shape index (κ3) is 10.4. The van der Waals surface area contributed by atoms with Gasteiger partial charge in [0.05, 0.1) is 11.5 Å². The molecule has 1 aromatic rings. The molecule has 0 spiro atoms. The fourth-order valence-corrected chi connectivity index (χ4v) is 3.50. The third-order valence-electron chi connectivity index (χ3n) is 4.82. The maximum absolute atomic E-state index is 10.2. The molecule has 0 fully saturated rings. The van der Waals surface area contributed by atoms with Gasteiger partial charge in [0.1, 0.15) is 0 Å². The Kier molecular flexibility index (Phi) is 13.3. The van der Waals surface area contributed by atoms with E-state index in [0.29, 0.717) is 0 Å². The van der Waals surface area contributed by atoms with Gasteiger partial charge < -0.3 is 5.11 Å². The number of rotatable bonds is 15. The van der Waals surface area contributed by atoms with Crippen LogP contribution in [0.3, 0.4) is 0 Å². The minimum absolute atomic E-state index is 0.171. The van der Waals surface area contributed by atoms with E-state index in [1.54, 1.807) is 0 Å². The van der Waals surface area contributed by atoms with Crippen LogP contribution in [0.1, 0.15) is 102 Å². The molecule has 1 N–H and O–H groups in total. The predicted octanol–water partition coefficient (Wildman–Crippen LogP) is 7.42. The average molecular weight is 353 g/mol. The first-order chi connectivity index (χ1) is 11.8. The minimum Gasteiger partial charge on any atom is -0.387 e. The first kappa shape index (κ1) is 21.5. The first-order valence-corrected chi connectivity index (χ1v) is 10.6. The van der Waals surface area contributed by atoms with Gasteiger partial charge in [0.2, 0.25) is 0 Å². The van der Waals surface area contributed by atoms with Crippen molar-refractivity contribution in [3.63, 3.8) is 0 Å². The molecule has 1 rings (SSSR count). The van der Waals surface area contributed by atoms with E-state index in [2.05, 4.69) is 6.92 Å². The molecule has 0 aromatic heterocycles. The first-order valence-electron chi connectivity index (χ1n) is 10.1. The lowest BCUT2D eigenvalue weighted by molar-refractivity contribution is 0.167. The maximum Gasteiger partial charge on any atom is 0.0953 e. The Balaban J connectivity index is 1.91. The Hall–Kier alpha value is -0.530. The van der Waals surface area contributed by atoms with E-state index in [9.17, 15) is 5.11 Å². The van der Waals surface area contributed by atoms with Crippen LogP contribution in [-0.4, -0.2) is 10.5 Å². The van der Waals surface area contributed by atoms with Gasteiger partial charge in [-0.15, -0.1) is 11.6 Å². The van der Waals surface area contributed by atoms with Crippen LogP contribution in [0, 0.1) is 0 Å². The lowest BCUT2D eigenvalue weighted by atomic mass is 10.0. The second-order valence-corrected chi connectivity index (χ2v) is 7.61. The highest BCUT2D eigenvalue weighted by Gasteiger charge is 2.17. The van der Waals surface area contributed by atoms with E-state index < -0.39 is 6.10 Å². The molecular weight excluding hydrogens is 316 g/mol. The van der Waals surface area contributed by atoms with Crippen LogP contribution < -0.4 is 0 Å². The minimum atomic E-state index is -0.541. The second kappa shape index (κ2) is 14.8. The van der Waals surface area contributed by atoms with Crippen molar-refractivity contribution in [1.29, 1.82) is 0 Å². The zero-order chi connectivity index (χ0) is 17.5. The van der Waals surface area contributed by atoms with Gasteiger partial charge in [-0.05, 0) is 12.0 Å². The van der Waals surface area contributed by atoms with Crippen LogP contribution in [0.2, 0.25) is 0 Å². The summed E-state index contributed by atoms with van der Waals surface area (Å²) >= 11 is 6.35. The quantitative estimate of drug-likeness (QED) is 0.257. The van der Waals surface area contributed by atoms with Crippen molar-refractivity contribution in [1.82, 2.24) is 0 Å². The standard InChI is InChI=1S/C22H37ClO/c1-2-3-4-5-6-7-8-9-10-11-12-16-19-21(23)22(24)20-17-14-13-15-18-20/h13-15,17-18,21-22,24H,2-12,16,19H2,1H3/t21-,22-/m1/s1. The molecule has 0 aliphatic heterocycles. The van der Waals surface area contributed by atoms with Crippen molar-refractivity contribution < 1.29 is 5.11 Å². The van der Waals surface area contributed by atoms with Gasteiger partial charge in [-0.1, -0.05) is 114 Å². The fourth-order valence-electron chi connectivity index (χ4n) is 3.20. The molecule has 0 amide bonds. The summed E-state index contributed by atoms with van der Waals surface area (Å²) in [6.45, 7) is 2.27. The van der Waals surface area contributed by atoms with Gasteiger partial charge in [-0.25, -0.2) is 0 Å². The van der Waals surface area contributed by atoms with Crippen molar-refractivity contribution in [2.24, 2.45) is 0 Å². The van der Waals surface area contributed by atoms with Gasteiger partial charge in [-0.3, -0.25) is 0 Å². The maximum atomic E-state index is 10.2. The van der Waals surface area contributed by atoms with E-state index in [-0.39, 0.29) is 5.38 Å². The number of hydrogen-bond donors (Lipinski definition) is 1. The molecule has 0 aliphatic carbocycles. The highest BCUT2D eigenvalue weighted by Crippen LogP contribution is 2.25. The van der Waals surface area contributed by atoms with E-state index in [1.807, 2.05) is 30.3 Å². The fraction of sp³-hybridized carbons (Fsp3) is 0.727. The average Bonchev–Trinajstić information content (AvgIpc) is 2.62. The van der Waals surface area contributed by atoms with E-state index in [0.717, 1.165) is 18.4 Å². The number of aliphatic hydroxyl groups excluding tert-OH is 1. The van der Waals surface area contributed by atoms with Crippen LogP contribution in [0.4, 0.5) is 0 Å². The van der Waals surface area contributed by atoms with Crippen LogP contribution in [-0.2, 0) is 0 Å². The molecule has 2 atom stereocenters. The predicted molar refractivity (Wildman–Crippen MR) is 107 cm³/mol. The van der Waals surface area contributed by atoms with Gasteiger partial charge >= 0.3 is 0 Å². The molecule has 24 heavy (non-hydrogen) atoms. The molecule has 1 aromatic carbocycles. The molecular formula is C22H37ClO. The molecule has 0 aliphatic rings. The second-order valence-electron chi connectivity index (χ2n) is 7.05. The van der Waals surface area contributed by atoms with E-state index in [4.69, 9.17) is 11.6 Å². The number of halogens is 1. The lowest BCUT2D eigenvalue weighted by Gasteiger charge is -2.17. The Labute approximate surface area is 154 Å². The van der Waals surface area contributed by atoms with Crippen molar-refractivity contribution in [2.45, 2.75) is 102 Å². The monoisotopic (exact) mass is 352 g/mol. The smallest absolute Gasteiger partial charge is 0.0953 e. The Bertz CT molecular complexity index is 379. The van der Waals surface area contributed by atoms with Gasteiger partial charge in [0.25, 0.3) is 0 Å². The molecule has 0 unspecified atom stereocenters. The number of aliphatic hydroxyl groups is 1. The van der Waals surface area contributed by atoms with Crippen molar-refractivity contribution in [2.75, 3.05) is 0 Å². The number of alkyl halides is 1. The summed E-state index contributed by atoms with van der Waals surface area (Å²) in [4.78, 5) is 0. The Morgan fingerprint density at radius 2 is 1.21 bits per heavy atom. The largest absolute Gasteiger partial charge is 0.387 e. The summed E-state index contributed by atoms with van der Waals surface area (Å²) in [5, 5.41) is 10.1. The molecule has 0 bridgehead atoms. The molecule has 1 nitrogen and oxygen atoms in total. The molecule has 0 heterocycles. The summed E-state index contributed by atoms with van der Waals surface area (Å²) in [6.07, 6.45) is 16.6. The Morgan fingerprint density at radius 1 is 0.750 bits per heavy atom. The SMILES string of the molecule is CCCCCCCCCCCCCC[C@@H](Cl)[C@H](O)c1ccccc1. The van der Waals surface area contributed by atoms with E-state index in [1.165, 1.54) is 70.6 Å². The van der Waals surface area contributed by atoms with Crippen molar-refractivity contribution in [3.8, 4) is 0 Å². The summed E-state index contributed by atoms with van der Waals surface area (Å²) in [7, 11) is 0. The highest BCUT2D eigenvalue weighted by molar-refractivity contribution is 6.21. The topological polar surface area (TPSA) is 20.2 Å². The van der Waals surface area contributed by atoms with Crippen LogP contribution in [0.25, 0.3) is 0 Å².